The Morgan fingerprint density at radius 3 is 2.78 bits per heavy atom. The van der Waals surface area contributed by atoms with Crippen molar-refractivity contribution in [3.63, 3.8) is 0 Å². The number of likely N-dealkylation sites (N-methyl/N-ethyl adjacent to an activating group) is 1. The second-order valence-corrected chi connectivity index (χ2v) is 14.5. The van der Waals surface area contributed by atoms with Gasteiger partial charge in [0.15, 0.2) is 17.9 Å². The molecule has 2 fully saturated rings. The molecule has 6 heterocycles. The zero-order valence-electron chi connectivity index (χ0n) is 27.6. The van der Waals surface area contributed by atoms with E-state index in [1.165, 1.54) is 6.20 Å². The number of hydrogen-bond donors (Lipinski definition) is 1. The van der Waals surface area contributed by atoms with Gasteiger partial charge in [0.25, 0.3) is 0 Å². The number of anilines is 1. The van der Waals surface area contributed by atoms with Crippen molar-refractivity contribution in [1.29, 1.82) is 5.26 Å². The van der Waals surface area contributed by atoms with Crippen LogP contribution in [0.15, 0.2) is 12.4 Å². The predicted octanol–water partition coefficient (Wildman–Crippen LogP) is 6.43. The Balaban J connectivity index is 1.21. The highest BCUT2D eigenvalue weighted by Crippen LogP contribution is 2.46. The molecule has 3 aliphatic rings. The normalized spacial score (nSPS) is 21.2. The molecule has 0 radical (unpaired) electrons. The molecule has 49 heavy (non-hydrogen) atoms. The van der Waals surface area contributed by atoms with Crippen molar-refractivity contribution < 1.29 is 37.3 Å². The molecule has 2 saturated heterocycles. The molecule has 3 aliphatic heterocycles. The first kappa shape index (κ1) is 33.4. The van der Waals surface area contributed by atoms with Gasteiger partial charge < -0.3 is 23.7 Å². The predicted molar refractivity (Wildman–Crippen MR) is 176 cm³/mol. The molecular weight excluding hydrogens is 658 g/mol. The van der Waals surface area contributed by atoms with Crippen molar-refractivity contribution in [3.05, 3.63) is 40.7 Å². The van der Waals surface area contributed by atoms with Crippen LogP contribution in [0, 0.1) is 23.0 Å². The molecule has 1 unspecified atom stereocenters. The molecule has 4 aromatic rings. The van der Waals surface area contributed by atoms with E-state index in [-0.39, 0.29) is 81.7 Å². The molecule has 258 valence electrons. The van der Waals surface area contributed by atoms with Gasteiger partial charge in [-0.3, -0.25) is 15.2 Å². The second-order valence-electron chi connectivity index (χ2n) is 13.5. The molecule has 1 amide bonds. The maximum absolute atomic E-state index is 16.8. The van der Waals surface area contributed by atoms with Crippen LogP contribution >= 0.6 is 11.3 Å². The Bertz CT molecular complexity index is 1970. The van der Waals surface area contributed by atoms with Gasteiger partial charge in [-0.1, -0.05) is 0 Å². The van der Waals surface area contributed by atoms with Gasteiger partial charge in [0.1, 0.15) is 28.8 Å². The van der Waals surface area contributed by atoms with Gasteiger partial charge in [0.05, 0.1) is 41.5 Å². The van der Waals surface area contributed by atoms with Crippen LogP contribution in [0.25, 0.3) is 32.2 Å². The van der Waals surface area contributed by atoms with Crippen LogP contribution in [0.4, 0.5) is 18.6 Å². The zero-order valence-corrected chi connectivity index (χ0v) is 28.4. The lowest BCUT2D eigenvalue weighted by molar-refractivity contribution is -0.185. The minimum Gasteiger partial charge on any atom is -0.462 e. The number of nitriles is 1. The fourth-order valence-electron chi connectivity index (χ4n) is 6.59. The smallest absolute Gasteiger partial charge is 0.412 e. The van der Waals surface area contributed by atoms with Gasteiger partial charge in [-0.2, -0.15) is 10.2 Å². The third-order valence-electron chi connectivity index (χ3n) is 8.85. The summed E-state index contributed by atoms with van der Waals surface area (Å²) >= 11 is 0.843. The van der Waals surface area contributed by atoms with Gasteiger partial charge in [-0.05, 0) is 64.6 Å². The van der Waals surface area contributed by atoms with E-state index < -0.39 is 23.3 Å². The number of aromatic nitrogens is 3. The summed E-state index contributed by atoms with van der Waals surface area (Å²) in [4.78, 5) is 27.9. The lowest BCUT2D eigenvalue weighted by Crippen LogP contribution is -2.31. The van der Waals surface area contributed by atoms with Gasteiger partial charge in [-0.25, -0.2) is 18.6 Å². The lowest BCUT2D eigenvalue weighted by atomic mass is 9.94. The third kappa shape index (κ3) is 6.63. The van der Waals surface area contributed by atoms with Crippen molar-refractivity contribution in [2.24, 2.45) is 0 Å². The number of rotatable bonds is 7. The number of halogens is 2. The number of hydrogen-bond acceptors (Lipinski definition) is 12. The monoisotopic (exact) mass is 694 g/mol. The van der Waals surface area contributed by atoms with Gasteiger partial charge in [0.2, 0.25) is 0 Å². The number of fused-ring (bicyclic) bond motifs is 4. The van der Waals surface area contributed by atoms with Gasteiger partial charge in [-0.15, -0.1) is 11.3 Å². The number of carbonyl (C=O) groups excluding carboxylic acids is 1. The molecular formula is C34H36F2N6O6S. The highest BCUT2D eigenvalue weighted by molar-refractivity contribution is 7.23. The molecule has 1 N–H and O–H groups in total. The summed E-state index contributed by atoms with van der Waals surface area (Å²) in [6.45, 7) is 7.04. The SMILES string of the molecule is CN1C[C@H](OC2CCCCO2)C[C@H]1COc1ncc2c3c(c(-c4ncc(F)c5sc(NC(=O)OC(C)(C)C)c(C#N)c45)c(F)c2n1)COC3. The second kappa shape index (κ2) is 13.3. The number of thiophene rings is 1. The van der Waals surface area contributed by atoms with E-state index in [1.54, 1.807) is 20.8 Å². The maximum Gasteiger partial charge on any atom is 0.412 e. The number of nitrogens with one attached hydrogen (secondary N) is 1. The Morgan fingerprint density at radius 1 is 1.20 bits per heavy atom. The van der Waals surface area contributed by atoms with Crippen LogP contribution in [0.5, 0.6) is 6.01 Å². The van der Waals surface area contributed by atoms with Crippen LogP contribution in [-0.2, 0) is 32.2 Å². The molecule has 3 atom stereocenters. The number of carbonyl (C=O) groups is 1. The van der Waals surface area contributed by atoms with Crippen LogP contribution < -0.4 is 10.1 Å². The summed E-state index contributed by atoms with van der Waals surface area (Å²) in [6.07, 6.45) is 5.29. The number of likely N-dealkylation sites (tertiary alicyclic amines) is 1. The first-order valence-electron chi connectivity index (χ1n) is 16.2. The van der Waals surface area contributed by atoms with Crippen molar-refractivity contribution in [3.8, 4) is 23.3 Å². The number of amides is 1. The summed E-state index contributed by atoms with van der Waals surface area (Å²) in [5.41, 5.74) is 0.346. The molecule has 12 nitrogen and oxygen atoms in total. The molecule has 0 spiro atoms. The Labute approximate surface area is 285 Å². The van der Waals surface area contributed by atoms with Crippen LogP contribution in [0.3, 0.4) is 0 Å². The van der Waals surface area contributed by atoms with E-state index in [0.717, 1.165) is 49.8 Å². The van der Waals surface area contributed by atoms with E-state index >= 15 is 8.78 Å². The van der Waals surface area contributed by atoms with E-state index in [0.29, 0.717) is 23.1 Å². The fourth-order valence-corrected chi connectivity index (χ4v) is 7.63. The van der Waals surface area contributed by atoms with Gasteiger partial charge >= 0.3 is 12.1 Å². The number of nitrogens with zero attached hydrogens (tertiary/aromatic N) is 5. The van der Waals surface area contributed by atoms with Crippen LogP contribution in [0.2, 0.25) is 0 Å². The van der Waals surface area contributed by atoms with E-state index in [4.69, 9.17) is 23.7 Å². The first-order chi connectivity index (χ1) is 23.5. The number of benzene rings is 1. The third-order valence-corrected chi connectivity index (χ3v) is 9.96. The standard InChI is InChI=1S/C34H36F2N6O6S/c1-34(2,3)48-33(43)41-31-19(10-37)26-29(38-12-23(35)30(26)49-31)25-22-16-44-15-21(22)20-11-39-32(40-28(20)27(25)36)46-14-17-9-18(13-42(17)4)47-24-7-5-6-8-45-24/h11-12,17-18,24H,5-9,13-16H2,1-4H3,(H,41,43)/t17-,18+,24?/m0/s1. The zero-order chi connectivity index (χ0) is 34.4. The summed E-state index contributed by atoms with van der Waals surface area (Å²) in [5, 5.41) is 13.3. The fraction of sp³-hybridized carbons (Fsp3) is 0.500. The van der Waals surface area contributed by atoms with E-state index in [2.05, 4.69) is 25.2 Å². The van der Waals surface area contributed by atoms with Crippen molar-refractivity contribution in [2.75, 3.05) is 32.1 Å². The topological polar surface area (TPSA) is 141 Å². The number of ether oxygens (including phenoxy) is 5. The van der Waals surface area contributed by atoms with Gasteiger partial charge in [0, 0.05) is 41.7 Å². The minimum absolute atomic E-state index is 0.00101. The molecule has 0 aliphatic carbocycles. The van der Waals surface area contributed by atoms with Crippen molar-refractivity contribution in [2.45, 2.75) is 83.7 Å². The molecule has 3 aromatic heterocycles. The van der Waals surface area contributed by atoms with Crippen LogP contribution in [0.1, 0.15) is 63.1 Å². The Hall–Kier alpha value is -4.07. The highest BCUT2D eigenvalue weighted by atomic mass is 32.1. The Morgan fingerprint density at radius 2 is 2.02 bits per heavy atom. The summed E-state index contributed by atoms with van der Waals surface area (Å²) in [5.74, 6) is -1.46. The molecule has 7 rings (SSSR count). The van der Waals surface area contributed by atoms with E-state index in [1.807, 2.05) is 13.1 Å². The first-order valence-corrected chi connectivity index (χ1v) is 17.0. The van der Waals surface area contributed by atoms with Crippen molar-refractivity contribution in [1.82, 2.24) is 19.9 Å². The molecule has 1 aromatic carbocycles. The van der Waals surface area contributed by atoms with E-state index in [9.17, 15) is 10.1 Å². The number of pyridine rings is 1. The molecule has 15 heteroatoms. The molecule has 0 saturated carbocycles. The summed E-state index contributed by atoms with van der Waals surface area (Å²) in [6, 6.07) is 2.08. The quantitative estimate of drug-likeness (QED) is 0.229. The Kier molecular flexibility index (Phi) is 9.09. The molecule has 0 bridgehead atoms. The maximum atomic E-state index is 16.8. The summed E-state index contributed by atoms with van der Waals surface area (Å²) < 4.78 is 61.0. The van der Waals surface area contributed by atoms with Crippen LogP contribution in [-0.4, -0.2) is 76.8 Å². The average Bonchev–Trinajstić information content (AvgIpc) is 3.78. The minimum atomic E-state index is -0.814. The average molecular weight is 695 g/mol. The summed E-state index contributed by atoms with van der Waals surface area (Å²) in [7, 11) is 2.00. The lowest BCUT2D eigenvalue weighted by Gasteiger charge is -2.25. The highest BCUT2D eigenvalue weighted by Gasteiger charge is 2.34. The largest absolute Gasteiger partial charge is 0.462 e. The van der Waals surface area contributed by atoms with Crippen molar-refractivity contribution >= 4 is 43.4 Å².